The largest absolute Gasteiger partial charge is 0.328 e. The summed E-state index contributed by atoms with van der Waals surface area (Å²) in [6, 6.07) is 6.46. The normalized spacial score (nSPS) is 11.7. The number of unbranched alkanes of at least 4 members (excludes halogenated alkanes) is 1. The molecule has 1 aromatic carbocycles. The van der Waals surface area contributed by atoms with Crippen LogP contribution < -0.4 is 0 Å². The van der Waals surface area contributed by atoms with E-state index in [4.69, 9.17) is 16.6 Å². The summed E-state index contributed by atoms with van der Waals surface area (Å²) in [6.07, 6.45) is 3.22. The average molecular weight is 294 g/mol. The number of halogens is 1. The molecular formula is C16H24ClN3. The van der Waals surface area contributed by atoms with Crippen molar-refractivity contribution in [3.8, 4) is 0 Å². The summed E-state index contributed by atoms with van der Waals surface area (Å²) < 4.78 is 2.35. The number of fused-ring (bicyclic) bond motifs is 1. The van der Waals surface area contributed by atoms with Crippen LogP contribution in [-0.4, -0.2) is 41.0 Å². The predicted molar refractivity (Wildman–Crippen MR) is 86.7 cm³/mol. The monoisotopic (exact) mass is 293 g/mol. The summed E-state index contributed by atoms with van der Waals surface area (Å²) >= 11 is 5.91. The van der Waals surface area contributed by atoms with Crippen LogP contribution in [0.4, 0.5) is 0 Å². The van der Waals surface area contributed by atoms with E-state index in [0.29, 0.717) is 5.88 Å². The van der Waals surface area contributed by atoms with Gasteiger partial charge in [-0.25, -0.2) is 4.98 Å². The second-order valence-corrected chi connectivity index (χ2v) is 6.00. The van der Waals surface area contributed by atoms with Gasteiger partial charge in [-0.1, -0.05) is 6.07 Å². The number of aromatic nitrogens is 2. The topological polar surface area (TPSA) is 21.1 Å². The Morgan fingerprint density at radius 3 is 2.75 bits per heavy atom. The molecule has 0 saturated carbocycles. The molecule has 0 amide bonds. The molecule has 0 aliphatic rings. The molecule has 0 N–H and O–H groups in total. The van der Waals surface area contributed by atoms with Crippen LogP contribution in [-0.2, 0) is 13.0 Å². The maximum Gasteiger partial charge on any atom is 0.111 e. The molecule has 0 saturated heterocycles. The van der Waals surface area contributed by atoms with E-state index in [1.54, 1.807) is 0 Å². The standard InChI is InChI=1S/C16H24ClN3/c1-13-6-7-14-15(12-13)20(16(18-14)8-9-17)11-5-4-10-19(2)3/h6-7,12H,4-5,8-11H2,1-3H3. The molecule has 1 heterocycles. The van der Waals surface area contributed by atoms with Gasteiger partial charge in [0, 0.05) is 18.8 Å². The summed E-state index contributed by atoms with van der Waals surface area (Å²) in [5.74, 6) is 1.74. The lowest BCUT2D eigenvalue weighted by Gasteiger charge is -2.11. The van der Waals surface area contributed by atoms with Gasteiger partial charge in [-0.05, 0) is 58.1 Å². The Bertz CT molecular complexity index is 560. The number of hydrogen-bond acceptors (Lipinski definition) is 2. The number of rotatable bonds is 7. The zero-order valence-corrected chi connectivity index (χ0v) is 13.5. The molecule has 0 radical (unpaired) electrons. The van der Waals surface area contributed by atoms with Crippen molar-refractivity contribution in [1.82, 2.24) is 14.5 Å². The van der Waals surface area contributed by atoms with Crippen molar-refractivity contribution in [3.63, 3.8) is 0 Å². The molecule has 0 fully saturated rings. The van der Waals surface area contributed by atoms with Crippen LogP contribution >= 0.6 is 11.6 Å². The SMILES string of the molecule is Cc1ccc2nc(CCCl)n(CCCCN(C)C)c2c1. The number of alkyl halides is 1. The van der Waals surface area contributed by atoms with Crippen LogP contribution in [0, 0.1) is 6.92 Å². The fourth-order valence-corrected chi connectivity index (χ4v) is 2.67. The zero-order valence-electron chi connectivity index (χ0n) is 12.7. The van der Waals surface area contributed by atoms with Crippen LogP contribution in [0.25, 0.3) is 11.0 Å². The lowest BCUT2D eigenvalue weighted by atomic mass is 10.2. The van der Waals surface area contributed by atoms with Gasteiger partial charge in [-0.15, -0.1) is 11.6 Å². The highest BCUT2D eigenvalue weighted by atomic mass is 35.5. The third kappa shape index (κ3) is 3.74. The fourth-order valence-electron chi connectivity index (χ4n) is 2.51. The molecule has 0 unspecified atom stereocenters. The molecule has 0 bridgehead atoms. The number of hydrogen-bond donors (Lipinski definition) is 0. The third-order valence-corrected chi connectivity index (χ3v) is 3.73. The summed E-state index contributed by atoms with van der Waals surface area (Å²) in [7, 11) is 4.24. The van der Waals surface area contributed by atoms with Crippen molar-refractivity contribution in [2.75, 3.05) is 26.5 Å². The van der Waals surface area contributed by atoms with Gasteiger partial charge in [0.2, 0.25) is 0 Å². The van der Waals surface area contributed by atoms with E-state index < -0.39 is 0 Å². The van der Waals surface area contributed by atoms with E-state index in [-0.39, 0.29) is 0 Å². The Balaban J connectivity index is 2.19. The minimum absolute atomic E-state index is 0.625. The molecule has 110 valence electrons. The Kier molecular flexibility index (Phi) is 5.44. The Labute approximate surface area is 126 Å². The van der Waals surface area contributed by atoms with E-state index >= 15 is 0 Å². The van der Waals surface area contributed by atoms with Gasteiger partial charge in [-0.3, -0.25) is 0 Å². The van der Waals surface area contributed by atoms with E-state index in [1.807, 2.05) is 0 Å². The maximum atomic E-state index is 5.91. The van der Waals surface area contributed by atoms with Crippen molar-refractivity contribution in [2.45, 2.75) is 32.7 Å². The van der Waals surface area contributed by atoms with E-state index in [0.717, 1.165) is 30.9 Å². The molecular weight excluding hydrogens is 270 g/mol. The molecule has 4 heteroatoms. The van der Waals surface area contributed by atoms with E-state index in [9.17, 15) is 0 Å². The van der Waals surface area contributed by atoms with Crippen molar-refractivity contribution in [3.05, 3.63) is 29.6 Å². The van der Waals surface area contributed by atoms with Crippen molar-refractivity contribution in [2.24, 2.45) is 0 Å². The van der Waals surface area contributed by atoms with Crippen LogP contribution in [0.1, 0.15) is 24.2 Å². The van der Waals surface area contributed by atoms with Gasteiger partial charge in [0.05, 0.1) is 11.0 Å². The van der Waals surface area contributed by atoms with Crippen LogP contribution in [0.2, 0.25) is 0 Å². The summed E-state index contributed by atoms with van der Waals surface area (Å²) in [6.45, 7) is 4.29. The summed E-state index contributed by atoms with van der Waals surface area (Å²) in [5.41, 5.74) is 3.61. The smallest absolute Gasteiger partial charge is 0.111 e. The van der Waals surface area contributed by atoms with Crippen LogP contribution in [0.5, 0.6) is 0 Å². The molecule has 0 aliphatic carbocycles. The van der Waals surface area contributed by atoms with Gasteiger partial charge < -0.3 is 9.47 Å². The first-order valence-electron chi connectivity index (χ1n) is 7.28. The Morgan fingerprint density at radius 1 is 1.25 bits per heavy atom. The summed E-state index contributed by atoms with van der Waals surface area (Å²) in [4.78, 5) is 6.96. The molecule has 0 spiro atoms. The molecule has 2 aromatic rings. The molecule has 0 atom stereocenters. The van der Waals surface area contributed by atoms with Crippen molar-refractivity contribution < 1.29 is 0 Å². The zero-order chi connectivity index (χ0) is 14.5. The minimum Gasteiger partial charge on any atom is -0.328 e. The van der Waals surface area contributed by atoms with Crippen LogP contribution in [0.3, 0.4) is 0 Å². The van der Waals surface area contributed by atoms with Gasteiger partial charge in [0.1, 0.15) is 5.82 Å². The molecule has 20 heavy (non-hydrogen) atoms. The first-order valence-corrected chi connectivity index (χ1v) is 7.81. The number of imidazole rings is 1. The van der Waals surface area contributed by atoms with E-state index in [1.165, 1.54) is 23.9 Å². The highest BCUT2D eigenvalue weighted by Crippen LogP contribution is 2.19. The molecule has 2 rings (SSSR count). The highest BCUT2D eigenvalue weighted by molar-refractivity contribution is 6.17. The maximum absolute atomic E-state index is 5.91. The lowest BCUT2D eigenvalue weighted by Crippen LogP contribution is -2.14. The molecule has 3 nitrogen and oxygen atoms in total. The van der Waals surface area contributed by atoms with Gasteiger partial charge in [0.15, 0.2) is 0 Å². The second-order valence-electron chi connectivity index (χ2n) is 5.62. The first-order chi connectivity index (χ1) is 9.61. The Morgan fingerprint density at radius 2 is 2.05 bits per heavy atom. The van der Waals surface area contributed by atoms with Crippen molar-refractivity contribution >= 4 is 22.6 Å². The number of benzene rings is 1. The van der Waals surface area contributed by atoms with Gasteiger partial charge >= 0.3 is 0 Å². The Hall–Kier alpha value is -1.06. The number of aryl methyl sites for hydroxylation is 3. The first kappa shape index (κ1) is 15.3. The van der Waals surface area contributed by atoms with Crippen molar-refractivity contribution in [1.29, 1.82) is 0 Å². The lowest BCUT2D eigenvalue weighted by molar-refractivity contribution is 0.387. The minimum atomic E-state index is 0.625. The van der Waals surface area contributed by atoms with Gasteiger partial charge in [0.25, 0.3) is 0 Å². The quantitative estimate of drug-likeness (QED) is 0.576. The molecule has 1 aromatic heterocycles. The second kappa shape index (κ2) is 7.09. The third-order valence-electron chi connectivity index (χ3n) is 3.54. The summed E-state index contributed by atoms with van der Waals surface area (Å²) in [5, 5.41) is 0. The highest BCUT2D eigenvalue weighted by Gasteiger charge is 2.10. The van der Waals surface area contributed by atoms with E-state index in [2.05, 4.69) is 48.7 Å². The fraction of sp³-hybridized carbons (Fsp3) is 0.562. The van der Waals surface area contributed by atoms with Gasteiger partial charge in [-0.2, -0.15) is 0 Å². The molecule has 0 aliphatic heterocycles. The average Bonchev–Trinajstić information content (AvgIpc) is 2.72. The van der Waals surface area contributed by atoms with Crippen LogP contribution in [0.15, 0.2) is 18.2 Å². The predicted octanol–water partition coefficient (Wildman–Crippen LogP) is 3.47. The number of nitrogens with zero attached hydrogens (tertiary/aromatic N) is 3.